The van der Waals surface area contributed by atoms with E-state index in [1.54, 1.807) is 0 Å². The first-order valence-corrected chi connectivity index (χ1v) is 5.67. The van der Waals surface area contributed by atoms with Gasteiger partial charge in [0, 0.05) is 6.04 Å². The zero-order chi connectivity index (χ0) is 12.1. The maximum atomic E-state index is 9.13. The number of nitrogens with two attached hydrogens (primary N) is 1. The third kappa shape index (κ3) is 3.51. The molecule has 2 unspecified atom stereocenters. The van der Waals surface area contributed by atoms with Gasteiger partial charge in [0.05, 0.1) is 6.61 Å². The topological polar surface area (TPSA) is 55.5 Å². The highest BCUT2D eigenvalue weighted by atomic mass is 16.5. The predicted molar refractivity (Wildman–Crippen MR) is 65.7 cm³/mol. The summed E-state index contributed by atoms with van der Waals surface area (Å²) < 4.78 is 5.64. The van der Waals surface area contributed by atoms with E-state index in [9.17, 15) is 0 Å². The van der Waals surface area contributed by atoms with Crippen LogP contribution >= 0.6 is 0 Å². The van der Waals surface area contributed by atoms with Crippen LogP contribution in [-0.4, -0.2) is 23.9 Å². The van der Waals surface area contributed by atoms with Gasteiger partial charge in [0.2, 0.25) is 0 Å². The van der Waals surface area contributed by atoms with Crippen molar-refractivity contribution in [1.29, 1.82) is 0 Å². The molecule has 16 heavy (non-hydrogen) atoms. The first-order valence-electron chi connectivity index (χ1n) is 5.67. The minimum atomic E-state index is -0.345. The van der Waals surface area contributed by atoms with Gasteiger partial charge in [0.15, 0.2) is 0 Å². The van der Waals surface area contributed by atoms with Gasteiger partial charge in [-0.2, -0.15) is 0 Å². The molecule has 90 valence electrons. The highest BCUT2D eigenvalue weighted by Crippen LogP contribution is 2.21. The molecule has 1 aromatic carbocycles. The van der Waals surface area contributed by atoms with Crippen molar-refractivity contribution in [1.82, 2.24) is 0 Å². The van der Waals surface area contributed by atoms with E-state index < -0.39 is 0 Å². The van der Waals surface area contributed by atoms with Crippen molar-refractivity contribution in [3.63, 3.8) is 0 Å². The molecule has 0 amide bonds. The van der Waals surface area contributed by atoms with Gasteiger partial charge in [0.1, 0.15) is 11.9 Å². The molecule has 0 saturated heterocycles. The van der Waals surface area contributed by atoms with Crippen molar-refractivity contribution < 1.29 is 9.84 Å². The molecule has 3 heteroatoms. The molecule has 0 spiro atoms. The summed E-state index contributed by atoms with van der Waals surface area (Å²) in [6, 6.07) is 7.72. The van der Waals surface area contributed by atoms with E-state index in [1.165, 1.54) is 5.56 Å². The molecule has 1 rings (SSSR count). The molecule has 0 aliphatic rings. The van der Waals surface area contributed by atoms with Crippen molar-refractivity contribution >= 4 is 0 Å². The van der Waals surface area contributed by atoms with Crippen LogP contribution in [0.2, 0.25) is 0 Å². The van der Waals surface area contributed by atoms with Gasteiger partial charge in [-0.25, -0.2) is 0 Å². The van der Waals surface area contributed by atoms with Gasteiger partial charge < -0.3 is 15.6 Å². The Bertz CT molecular complexity index is 323. The highest BCUT2D eigenvalue weighted by molar-refractivity contribution is 5.30. The Morgan fingerprint density at radius 3 is 2.50 bits per heavy atom. The van der Waals surface area contributed by atoms with E-state index in [0.29, 0.717) is 5.92 Å². The van der Waals surface area contributed by atoms with Crippen molar-refractivity contribution in [2.75, 3.05) is 6.61 Å². The number of ether oxygens (including phenoxy) is 1. The van der Waals surface area contributed by atoms with Crippen LogP contribution in [0.4, 0.5) is 0 Å². The van der Waals surface area contributed by atoms with Crippen molar-refractivity contribution in [2.24, 2.45) is 5.73 Å². The second-order valence-corrected chi connectivity index (χ2v) is 4.43. The Morgan fingerprint density at radius 1 is 1.31 bits per heavy atom. The van der Waals surface area contributed by atoms with E-state index in [1.807, 2.05) is 25.1 Å². The Morgan fingerprint density at radius 2 is 2.00 bits per heavy atom. The summed E-state index contributed by atoms with van der Waals surface area (Å²) in [5, 5.41) is 9.13. The summed E-state index contributed by atoms with van der Waals surface area (Å²) in [4.78, 5) is 0. The standard InChI is InChI=1S/C13H21NO2/c1-9(2)11-5-4-6-12(7-11)16-13(8-15)10(3)14/h4-7,9-10,13,15H,8,14H2,1-3H3. The van der Waals surface area contributed by atoms with E-state index in [4.69, 9.17) is 15.6 Å². The molecule has 0 radical (unpaired) electrons. The average molecular weight is 223 g/mol. The van der Waals surface area contributed by atoms with E-state index in [-0.39, 0.29) is 18.8 Å². The Hall–Kier alpha value is -1.06. The molecule has 0 aromatic heterocycles. The van der Waals surface area contributed by atoms with Gasteiger partial charge in [-0.15, -0.1) is 0 Å². The fourth-order valence-corrected chi connectivity index (χ4v) is 1.43. The van der Waals surface area contributed by atoms with Crippen LogP contribution in [0.15, 0.2) is 24.3 Å². The minimum absolute atomic E-state index is 0.0659. The van der Waals surface area contributed by atoms with Crippen LogP contribution in [0, 0.1) is 0 Å². The van der Waals surface area contributed by atoms with Gasteiger partial charge in [0.25, 0.3) is 0 Å². The highest BCUT2D eigenvalue weighted by Gasteiger charge is 2.14. The summed E-state index contributed by atoms with van der Waals surface area (Å²) in [5.74, 6) is 1.23. The fourth-order valence-electron chi connectivity index (χ4n) is 1.43. The quantitative estimate of drug-likeness (QED) is 0.801. The number of hydrogen-bond donors (Lipinski definition) is 2. The molecule has 1 aromatic rings. The van der Waals surface area contributed by atoms with E-state index in [2.05, 4.69) is 19.9 Å². The number of rotatable bonds is 5. The summed E-state index contributed by atoms with van der Waals surface area (Å²) in [5.41, 5.74) is 6.93. The summed E-state index contributed by atoms with van der Waals surface area (Å²) >= 11 is 0. The third-order valence-corrected chi connectivity index (χ3v) is 2.58. The third-order valence-electron chi connectivity index (χ3n) is 2.58. The average Bonchev–Trinajstić information content (AvgIpc) is 2.25. The van der Waals surface area contributed by atoms with Crippen LogP contribution in [-0.2, 0) is 0 Å². The monoisotopic (exact) mass is 223 g/mol. The predicted octanol–water partition coefficient (Wildman–Crippen LogP) is 1.90. The van der Waals surface area contributed by atoms with Crippen molar-refractivity contribution in [3.05, 3.63) is 29.8 Å². The lowest BCUT2D eigenvalue weighted by atomic mass is 10.0. The first-order chi connectivity index (χ1) is 7.54. The summed E-state index contributed by atoms with van der Waals surface area (Å²) in [6.07, 6.45) is -0.345. The summed E-state index contributed by atoms with van der Waals surface area (Å²) in [7, 11) is 0. The second kappa shape index (κ2) is 5.87. The number of hydrogen-bond acceptors (Lipinski definition) is 3. The van der Waals surface area contributed by atoms with Crippen LogP contribution in [0.3, 0.4) is 0 Å². The lowest BCUT2D eigenvalue weighted by Gasteiger charge is -2.20. The van der Waals surface area contributed by atoms with Gasteiger partial charge >= 0.3 is 0 Å². The van der Waals surface area contributed by atoms with E-state index in [0.717, 1.165) is 5.75 Å². The molecule has 0 aliphatic heterocycles. The van der Waals surface area contributed by atoms with Gasteiger partial charge in [-0.05, 0) is 30.5 Å². The maximum Gasteiger partial charge on any atom is 0.136 e. The van der Waals surface area contributed by atoms with Gasteiger partial charge in [-0.3, -0.25) is 0 Å². The zero-order valence-corrected chi connectivity index (χ0v) is 10.2. The first kappa shape index (κ1) is 13.0. The molecule has 0 bridgehead atoms. The molecule has 2 atom stereocenters. The summed E-state index contributed by atoms with van der Waals surface area (Å²) in [6.45, 7) is 6.03. The lowest BCUT2D eigenvalue weighted by Crippen LogP contribution is -2.39. The normalized spacial score (nSPS) is 14.9. The molecular formula is C13H21NO2. The van der Waals surface area contributed by atoms with Crippen LogP contribution in [0.1, 0.15) is 32.3 Å². The van der Waals surface area contributed by atoms with Crippen molar-refractivity contribution in [3.8, 4) is 5.75 Å². The molecule has 3 nitrogen and oxygen atoms in total. The fraction of sp³-hybridized carbons (Fsp3) is 0.538. The number of aliphatic hydroxyl groups excluding tert-OH is 1. The Kier molecular flexibility index (Phi) is 4.77. The Labute approximate surface area is 97.2 Å². The Balaban J connectivity index is 2.76. The molecule has 0 heterocycles. The number of benzene rings is 1. The molecule has 3 N–H and O–H groups in total. The van der Waals surface area contributed by atoms with Gasteiger partial charge in [-0.1, -0.05) is 26.0 Å². The van der Waals surface area contributed by atoms with Crippen LogP contribution in [0.5, 0.6) is 5.75 Å². The number of aliphatic hydroxyl groups is 1. The van der Waals surface area contributed by atoms with Crippen LogP contribution < -0.4 is 10.5 Å². The van der Waals surface area contributed by atoms with E-state index >= 15 is 0 Å². The second-order valence-electron chi connectivity index (χ2n) is 4.43. The smallest absolute Gasteiger partial charge is 0.136 e. The molecule has 0 fully saturated rings. The van der Waals surface area contributed by atoms with Crippen molar-refractivity contribution in [2.45, 2.75) is 38.8 Å². The minimum Gasteiger partial charge on any atom is -0.486 e. The molecule has 0 saturated carbocycles. The molecular weight excluding hydrogens is 202 g/mol. The van der Waals surface area contributed by atoms with Crippen LogP contribution in [0.25, 0.3) is 0 Å². The zero-order valence-electron chi connectivity index (χ0n) is 10.2. The largest absolute Gasteiger partial charge is 0.486 e. The lowest BCUT2D eigenvalue weighted by molar-refractivity contribution is 0.0990. The maximum absolute atomic E-state index is 9.13. The SMILES string of the molecule is CC(C)c1cccc(OC(CO)C(C)N)c1. The molecule has 0 aliphatic carbocycles.